The standard InChI is InChI=1S/C18H15BrN4O2/c19-14-10-21-23(11-14)15-8-4-7-13(9-15)18(25)22-16(17(20)24)12-5-2-1-3-6-12/h1-11,16H,(H2,20,24)(H,22,25)/t16-/m0/s1. The molecular formula is C18H15BrN4O2. The van der Waals surface area contributed by atoms with Crippen LogP contribution in [-0.4, -0.2) is 21.6 Å². The number of nitrogens with one attached hydrogen (secondary N) is 1. The van der Waals surface area contributed by atoms with Gasteiger partial charge in [-0.2, -0.15) is 5.10 Å². The van der Waals surface area contributed by atoms with Crippen LogP contribution in [0.4, 0.5) is 0 Å². The molecule has 0 spiro atoms. The number of primary amides is 1. The van der Waals surface area contributed by atoms with Gasteiger partial charge in [-0.05, 0) is 39.7 Å². The van der Waals surface area contributed by atoms with Gasteiger partial charge in [0.05, 0.1) is 16.4 Å². The Kier molecular flexibility index (Phi) is 4.95. The lowest BCUT2D eigenvalue weighted by Gasteiger charge is -2.16. The molecule has 2 aromatic carbocycles. The van der Waals surface area contributed by atoms with Crippen LogP contribution in [0, 0.1) is 0 Å². The second kappa shape index (κ2) is 7.31. The van der Waals surface area contributed by atoms with Gasteiger partial charge in [0.15, 0.2) is 0 Å². The quantitative estimate of drug-likeness (QED) is 0.691. The molecule has 0 radical (unpaired) electrons. The van der Waals surface area contributed by atoms with Gasteiger partial charge in [0.1, 0.15) is 6.04 Å². The summed E-state index contributed by atoms with van der Waals surface area (Å²) < 4.78 is 2.48. The molecule has 0 saturated heterocycles. The summed E-state index contributed by atoms with van der Waals surface area (Å²) in [6.07, 6.45) is 3.44. The van der Waals surface area contributed by atoms with Crippen molar-refractivity contribution < 1.29 is 9.59 Å². The lowest BCUT2D eigenvalue weighted by molar-refractivity contribution is -0.120. The van der Waals surface area contributed by atoms with Gasteiger partial charge >= 0.3 is 0 Å². The van der Waals surface area contributed by atoms with Crippen LogP contribution in [0.3, 0.4) is 0 Å². The van der Waals surface area contributed by atoms with Crippen molar-refractivity contribution in [2.45, 2.75) is 6.04 Å². The molecule has 2 amide bonds. The molecule has 0 fully saturated rings. The normalized spacial score (nSPS) is 11.7. The Morgan fingerprint density at radius 2 is 1.88 bits per heavy atom. The molecule has 25 heavy (non-hydrogen) atoms. The second-order valence-corrected chi connectivity index (χ2v) is 6.29. The summed E-state index contributed by atoms with van der Waals surface area (Å²) in [6.45, 7) is 0. The molecule has 3 N–H and O–H groups in total. The van der Waals surface area contributed by atoms with E-state index in [1.165, 1.54) is 0 Å². The van der Waals surface area contributed by atoms with E-state index in [4.69, 9.17) is 5.73 Å². The smallest absolute Gasteiger partial charge is 0.252 e. The molecule has 0 aliphatic carbocycles. The van der Waals surface area contributed by atoms with Crippen LogP contribution in [0.2, 0.25) is 0 Å². The van der Waals surface area contributed by atoms with Gasteiger partial charge in [-0.3, -0.25) is 9.59 Å². The van der Waals surface area contributed by atoms with Crippen LogP contribution in [0.1, 0.15) is 22.0 Å². The third kappa shape index (κ3) is 3.95. The topological polar surface area (TPSA) is 90.0 Å². The van der Waals surface area contributed by atoms with Crippen molar-refractivity contribution in [3.8, 4) is 5.69 Å². The maximum absolute atomic E-state index is 12.6. The third-order valence-electron chi connectivity index (χ3n) is 3.62. The molecule has 1 aromatic heterocycles. The molecule has 7 heteroatoms. The summed E-state index contributed by atoms with van der Waals surface area (Å²) in [5, 5.41) is 6.87. The van der Waals surface area contributed by atoms with Gasteiger partial charge in [0, 0.05) is 11.8 Å². The number of hydrogen-bond acceptors (Lipinski definition) is 3. The van der Waals surface area contributed by atoms with E-state index in [0.717, 1.165) is 10.2 Å². The summed E-state index contributed by atoms with van der Waals surface area (Å²) in [5.74, 6) is -1.01. The zero-order valence-corrected chi connectivity index (χ0v) is 14.7. The Labute approximate surface area is 152 Å². The molecule has 1 atom stereocenters. The van der Waals surface area contributed by atoms with Gasteiger partial charge in [-0.25, -0.2) is 4.68 Å². The van der Waals surface area contributed by atoms with Crippen LogP contribution in [0.5, 0.6) is 0 Å². The summed E-state index contributed by atoms with van der Waals surface area (Å²) in [4.78, 5) is 24.3. The van der Waals surface area contributed by atoms with Crippen molar-refractivity contribution >= 4 is 27.7 Å². The SMILES string of the molecule is NC(=O)[C@@H](NC(=O)c1cccc(-n2cc(Br)cn2)c1)c1ccccc1. The molecule has 3 rings (SSSR count). The lowest BCUT2D eigenvalue weighted by Crippen LogP contribution is -2.37. The van der Waals surface area contributed by atoms with Gasteiger partial charge in [-0.1, -0.05) is 36.4 Å². The van der Waals surface area contributed by atoms with E-state index in [0.29, 0.717) is 11.1 Å². The third-order valence-corrected chi connectivity index (χ3v) is 4.03. The first kappa shape index (κ1) is 16.9. The minimum absolute atomic E-state index is 0.388. The molecule has 0 aliphatic rings. The summed E-state index contributed by atoms with van der Waals surface area (Å²) in [6, 6.07) is 14.9. The first-order chi connectivity index (χ1) is 12.0. The predicted molar refractivity (Wildman–Crippen MR) is 97.1 cm³/mol. The highest BCUT2D eigenvalue weighted by Gasteiger charge is 2.21. The lowest BCUT2D eigenvalue weighted by atomic mass is 10.1. The van der Waals surface area contributed by atoms with Gasteiger partial charge in [-0.15, -0.1) is 0 Å². The van der Waals surface area contributed by atoms with E-state index >= 15 is 0 Å². The van der Waals surface area contributed by atoms with Crippen molar-refractivity contribution in [1.29, 1.82) is 0 Å². The van der Waals surface area contributed by atoms with Crippen LogP contribution >= 0.6 is 15.9 Å². The first-order valence-electron chi connectivity index (χ1n) is 7.50. The number of benzene rings is 2. The van der Waals surface area contributed by atoms with Crippen molar-refractivity contribution in [1.82, 2.24) is 15.1 Å². The zero-order chi connectivity index (χ0) is 17.8. The fourth-order valence-electron chi connectivity index (χ4n) is 2.41. The van der Waals surface area contributed by atoms with Crippen molar-refractivity contribution in [3.05, 3.63) is 82.6 Å². The minimum Gasteiger partial charge on any atom is -0.368 e. The number of halogens is 1. The van der Waals surface area contributed by atoms with Gasteiger partial charge < -0.3 is 11.1 Å². The fourth-order valence-corrected chi connectivity index (χ4v) is 2.70. The first-order valence-corrected chi connectivity index (χ1v) is 8.29. The number of carbonyl (C=O) groups excluding carboxylic acids is 2. The van der Waals surface area contributed by atoms with Gasteiger partial charge in [0.2, 0.25) is 5.91 Å². The fraction of sp³-hybridized carbons (Fsp3) is 0.0556. The number of amides is 2. The molecule has 1 heterocycles. The highest BCUT2D eigenvalue weighted by atomic mass is 79.9. The highest BCUT2D eigenvalue weighted by molar-refractivity contribution is 9.10. The van der Waals surface area contributed by atoms with E-state index in [9.17, 15) is 9.59 Å². The van der Waals surface area contributed by atoms with E-state index in [1.54, 1.807) is 59.5 Å². The Morgan fingerprint density at radius 3 is 2.52 bits per heavy atom. The summed E-state index contributed by atoms with van der Waals surface area (Å²) in [5.41, 5.74) is 7.22. The Balaban J connectivity index is 1.84. The molecule has 0 unspecified atom stereocenters. The van der Waals surface area contributed by atoms with E-state index in [-0.39, 0.29) is 5.91 Å². The van der Waals surface area contributed by atoms with Crippen LogP contribution in [-0.2, 0) is 4.79 Å². The Morgan fingerprint density at radius 1 is 1.12 bits per heavy atom. The van der Waals surface area contributed by atoms with E-state index < -0.39 is 11.9 Å². The maximum Gasteiger partial charge on any atom is 0.252 e. The summed E-state index contributed by atoms with van der Waals surface area (Å²) >= 11 is 3.34. The monoisotopic (exact) mass is 398 g/mol. The minimum atomic E-state index is -0.892. The number of nitrogens with two attached hydrogens (primary N) is 1. The highest BCUT2D eigenvalue weighted by Crippen LogP contribution is 2.16. The van der Waals surface area contributed by atoms with Crippen LogP contribution < -0.4 is 11.1 Å². The molecule has 0 aliphatic heterocycles. The Bertz CT molecular complexity index is 908. The molecule has 0 saturated carbocycles. The number of carbonyl (C=O) groups is 2. The van der Waals surface area contributed by atoms with E-state index in [2.05, 4.69) is 26.3 Å². The molecular weight excluding hydrogens is 384 g/mol. The average Bonchev–Trinajstić information content (AvgIpc) is 3.06. The predicted octanol–water partition coefficient (Wildman–Crippen LogP) is 2.59. The molecule has 6 nitrogen and oxygen atoms in total. The zero-order valence-electron chi connectivity index (χ0n) is 13.1. The number of rotatable bonds is 5. The largest absolute Gasteiger partial charge is 0.368 e. The van der Waals surface area contributed by atoms with Gasteiger partial charge in [0.25, 0.3) is 5.91 Å². The van der Waals surface area contributed by atoms with E-state index in [1.807, 2.05) is 12.1 Å². The van der Waals surface area contributed by atoms with Crippen molar-refractivity contribution in [3.63, 3.8) is 0 Å². The second-order valence-electron chi connectivity index (χ2n) is 5.37. The number of aromatic nitrogens is 2. The molecule has 0 bridgehead atoms. The maximum atomic E-state index is 12.6. The van der Waals surface area contributed by atoms with Crippen LogP contribution in [0.15, 0.2) is 71.5 Å². The number of nitrogens with zero attached hydrogens (tertiary/aromatic N) is 2. The summed E-state index contributed by atoms with van der Waals surface area (Å²) in [7, 11) is 0. The molecule has 126 valence electrons. The number of hydrogen-bond donors (Lipinski definition) is 2. The average molecular weight is 399 g/mol. The van der Waals surface area contributed by atoms with Crippen molar-refractivity contribution in [2.24, 2.45) is 5.73 Å². The van der Waals surface area contributed by atoms with Crippen LogP contribution in [0.25, 0.3) is 5.69 Å². The Hall–Kier alpha value is -2.93. The van der Waals surface area contributed by atoms with Crippen molar-refractivity contribution in [2.75, 3.05) is 0 Å². The molecule has 3 aromatic rings.